The number of aliphatic hydroxyl groups excluding tert-OH is 1. The van der Waals surface area contributed by atoms with Gasteiger partial charge in [0.1, 0.15) is 0 Å². The summed E-state index contributed by atoms with van der Waals surface area (Å²) in [5.74, 6) is 0.503. The van der Waals surface area contributed by atoms with Gasteiger partial charge < -0.3 is 5.11 Å². The lowest BCUT2D eigenvalue weighted by atomic mass is 9.86. The van der Waals surface area contributed by atoms with Gasteiger partial charge in [-0.15, -0.1) is 0 Å². The second kappa shape index (κ2) is 7.03. The van der Waals surface area contributed by atoms with Crippen LogP contribution in [0.3, 0.4) is 0 Å². The van der Waals surface area contributed by atoms with E-state index in [1.807, 2.05) is 36.5 Å². The van der Waals surface area contributed by atoms with Crippen LogP contribution >= 0.6 is 0 Å². The first kappa shape index (κ1) is 15.2. The van der Waals surface area contributed by atoms with Gasteiger partial charge in [0.2, 0.25) is 0 Å². The molecule has 1 aromatic heterocycles. The highest BCUT2D eigenvalue weighted by Crippen LogP contribution is 2.27. The Morgan fingerprint density at radius 1 is 1.18 bits per heavy atom. The predicted molar refractivity (Wildman–Crippen MR) is 85.7 cm³/mol. The third-order valence-corrected chi connectivity index (χ3v) is 4.64. The van der Waals surface area contributed by atoms with Gasteiger partial charge in [-0.2, -0.15) is 15.0 Å². The molecule has 0 bridgehead atoms. The van der Waals surface area contributed by atoms with Crippen LogP contribution in [-0.2, 0) is 6.54 Å². The number of hydrogen-bond donors (Lipinski definition) is 1. The first-order valence-corrected chi connectivity index (χ1v) is 8.04. The van der Waals surface area contributed by atoms with E-state index < -0.39 is 0 Å². The van der Waals surface area contributed by atoms with E-state index in [0.717, 1.165) is 43.6 Å². The van der Waals surface area contributed by atoms with Crippen LogP contribution in [0.1, 0.15) is 31.4 Å². The Kier molecular flexibility index (Phi) is 4.85. The highest BCUT2D eigenvalue weighted by molar-refractivity contribution is 5.28. The van der Waals surface area contributed by atoms with Gasteiger partial charge in [-0.05, 0) is 50.8 Å². The van der Waals surface area contributed by atoms with E-state index in [4.69, 9.17) is 0 Å². The molecule has 5 heteroatoms. The number of hydrogen-bond acceptors (Lipinski definition) is 4. The summed E-state index contributed by atoms with van der Waals surface area (Å²) in [5, 5.41) is 18.2. The van der Waals surface area contributed by atoms with Gasteiger partial charge in [0.05, 0.1) is 17.6 Å². The summed E-state index contributed by atoms with van der Waals surface area (Å²) in [6.45, 7) is 1.16. The quantitative estimate of drug-likeness (QED) is 0.920. The van der Waals surface area contributed by atoms with E-state index in [2.05, 4.69) is 22.1 Å². The Morgan fingerprint density at radius 3 is 2.59 bits per heavy atom. The summed E-state index contributed by atoms with van der Waals surface area (Å²) in [5.41, 5.74) is 1.98. The molecule has 2 aromatic rings. The van der Waals surface area contributed by atoms with Crippen LogP contribution in [0, 0.1) is 5.92 Å². The number of aliphatic hydroxyl groups is 1. The van der Waals surface area contributed by atoms with Crippen molar-refractivity contribution >= 4 is 0 Å². The lowest BCUT2D eigenvalue weighted by Crippen LogP contribution is -2.35. The van der Waals surface area contributed by atoms with Gasteiger partial charge in [-0.1, -0.05) is 18.2 Å². The smallest absolute Gasteiger partial charge is 0.0971 e. The van der Waals surface area contributed by atoms with Crippen LogP contribution in [0.15, 0.2) is 36.5 Å². The zero-order valence-electron chi connectivity index (χ0n) is 13.1. The molecule has 1 fully saturated rings. The SMILES string of the molecule is CN(Cc1cnn(-c2ccccc2)n1)C1CCC(CO)CC1. The average Bonchev–Trinajstić information content (AvgIpc) is 3.04. The molecular weight excluding hydrogens is 276 g/mol. The minimum absolute atomic E-state index is 0.335. The summed E-state index contributed by atoms with van der Waals surface area (Å²) in [4.78, 5) is 4.05. The molecule has 0 aliphatic heterocycles. The van der Waals surface area contributed by atoms with Crippen LogP contribution in [0.2, 0.25) is 0 Å². The van der Waals surface area contributed by atoms with Gasteiger partial charge in [0.25, 0.3) is 0 Å². The zero-order chi connectivity index (χ0) is 15.4. The van der Waals surface area contributed by atoms with Crippen LogP contribution in [0.4, 0.5) is 0 Å². The molecule has 0 atom stereocenters. The topological polar surface area (TPSA) is 54.2 Å². The molecule has 118 valence electrons. The molecule has 1 N–H and O–H groups in total. The Balaban J connectivity index is 1.58. The van der Waals surface area contributed by atoms with Crippen molar-refractivity contribution in [3.05, 3.63) is 42.2 Å². The molecule has 1 aliphatic rings. The van der Waals surface area contributed by atoms with Crippen molar-refractivity contribution in [3.8, 4) is 5.69 Å². The second-order valence-electron chi connectivity index (χ2n) is 6.23. The second-order valence-corrected chi connectivity index (χ2v) is 6.23. The molecule has 22 heavy (non-hydrogen) atoms. The van der Waals surface area contributed by atoms with Crippen molar-refractivity contribution in [2.45, 2.75) is 38.3 Å². The number of para-hydroxylation sites is 1. The molecule has 0 unspecified atom stereocenters. The van der Waals surface area contributed by atoms with Crippen molar-refractivity contribution in [1.82, 2.24) is 19.9 Å². The van der Waals surface area contributed by atoms with Gasteiger partial charge in [0, 0.05) is 19.2 Å². The Hall–Kier alpha value is -1.72. The molecule has 0 spiro atoms. The molecule has 1 saturated carbocycles. The number of benzene rings is 1. The fourth-order valence-electron chi connectivity index (χ4n) is 3.21. The summed E-state index contributed by atoms with van der Waals surface area (Å²) >= 11 is 0. The lowest BCUT2D eigenvalue weighted by Gasteiger charge is -2.33. The maximum Gasteiger partial charge on any atom is 0.0971 e. The predicted octanol–water partition coefficient (Wildman–Crippen LogP) is 2.25. The molecule has 0 saturated heterocycles. The number of aromatic nitrogens is 3. The van der Waals surface area contributed by atoms with Gasteiger partial charge in [-0.25, -0.2) is 0 Å². The van der Waals surface area contributed by atoms with E-state index in [0.29, 0.717) is 18.6 Å². The van der Waals surface area contributed by atoms with Crippen molar-refractivity contribution in [2.75, 3.05) is 13.7 Å². The molecule has 3 rings (SSSR count). The van der Waals surface area contributed by atoms with Gasteiger partial charge >= 0.3 is 0 Å². The zero-order valence-corrected chi connectivity index (χ0v) is 13.1. The summed E-state index contributed by atoms with van der Waals surface area (Å²) in [7, 11) is 2.16. The van der Waals surface area contributed by atoms with Crippen LogP contribution in [-0.4, -0.2) is 44.7 Å². The standard InChI is InChI=1S/C17H24N4O/c1-20(16-9-7-14(13-22)8-10-16)12-15-11-18-21(19-15)17-5-3-2-4-6-17/h2-6,11,14,16,22H,7-10,12-13H2,1H3. The molecule has 5 nitrogen and oxygen atoms in total. The van der Waals surface area contributed by atoms with Crippen LogP contribution < -0.4 is 0 Å². The highest BCUT2D eigenvalue weighted by Gasteiger charge is 2.24. The van der Waals surface area contributed by atoms with E-state index in [1.54, 1.807) is 4.80 Å². The Bertz CT molecular complexity index is 575. The third kappa shape index (κ3) is 3.54. The first-order chi connectivity index (χ1) is 10.8. The maximum atomic E-state index is 9.23. The van der Waals surface area contributed by atoms with Gasteiger partial charge in [0.15, 0.2) is 0 Å². The largest absolute Gasteiger partial charge is 0.396 e. The molecule has 1 heterocycles. The van der Waals surface area contributed by atoms with E-state index in [1.165, 1.54) is 0 Å². The third-order valence-electron chi connectivity index (χ3n) is 4.64. The number of rotatable bonds is 5. The monoisotopic (exact) mass is 300 g/mol. The molecule has 0 amide bonds. The summed E-state index contributed by atoms with van der Waals surface area (Å²) in [6, 6.07) is 10.6. The Morgan fingerprint density at radius 2 is 1.91 bits per heavy atom. The maximum absolute atomic E-state index is 9.23. The van der Waals surface area contributed by atoms with Crippen molar-refractivity contribution in [2.24, 2.45) is 5.92 Å². The highest BCUT2D eigenvalue weighted by atomic mass is 16.3. The molecular formula is C17H24N4O. The fraction of sp³-hybridized carbons (Fsp3) is 0.529. The minimum Gasteiger partial charge on any atom is -0.396 e. The Labute approximate surface area is 131 Å². The van der Waals surface area contributed by atoms with Crippen molar-refractivity contribution in [1.29, 1.82) is 0 Å². The molecule has 1 aliphatic carbocycles. The molecule has 1 aromatic carbocycles. The van der Waals surface area contributed by atoms with E-state index >= 15 is 0 Å². The van der Waals surface area contributed by atoms with E-state index in [-0.39, 0.29) is 0 Å². The first-order valence-electron chi connectivity index (χ1n) is 8.04. The van der Waals surface area contributed by atoms with Crippen LogP contribution in [0.25, 0.3) is 5.69 Å². The van der Waals surface area contributed by atoms with Crippen LogP contribution in [0.5, 0.6) is 0 Å². The fourth-order valence-corrected chi connectivity index (χ4v) is 3.21. The lowest BCUT2D eigenvalue weighted by molar-refractivity contribution is 0.123. The number of nitrogens with zero attached hydrogens (tertiary/aromatic N) is 4. The van der Waals surface area contributed by atoms with Gasteiger partial charge in [-0.3, -0.25) is 4.90 Å². The van der Waals surface area contributed by atoms with E-state index in [9.17, 15) is 5.11 Å². The average molecular weight is 300 g/mol. The van der Waals surface area contributed by atoms with Crippen molar-refractivity contribution in [3.63, 3.8) is 0 Å². The summed E-state index contributed by atoms with van der Waals surface area (Å²) in [6.07, 6.45) is 6.43. The minimum atomic E-state index is 0.335. The molecule has 0 radical (unpaired) electrons. The summed E-state index contributed by atoms with van der Waals surface area (Å²) < 4.78 is 0. The van der Waals surface area contributed by atoms with Crippen molar-refractivity contribution < 1.29 is 5.11 Å². The normalized spacial score (nSPS) is 22.1.